The van der Waals surface area contributed by atoms with E-state index in [4.69, 9.17) is 16.3 Å². The summed E-state index contributed by atoms with van der Waals surface area (Å²) in [6.45, 7) is 4.02. The number of hydrogen-bond acceptors (Lipinski definition) is 4. The molecular formula is C19H20ClN3OS. The predicted molar refractivity (Wildman–Crippen MR) is 102 cm³/mol. The molecule has 0 radical (unpaired) electrons. The van der Waals surface area contributed by atoms with Crippen LogP contribution in [0.5, 0.6) is 5.75 Å². The molecule has 2 aromatic carbocycles. The van der Waals surface area contributed by atoms with E-state index in [1.54, 1.807) is 11.8 Å². The maximum absolute atomic E-state index is 6.05. The van der Waals surface area contributed by atoms with E-state index in [-0.39, 0.29) is 6.10 Å². The van der Waals surface area contributed by atoms with Crippen molar-refractivity contribution in [2.24, 2.45) is 7.05 Å². The van der Waals surface area contributed by atoms with Gasteiger partial charge in [0, 0.05) is 17.8 Å². The normalized spacial score (nSPS) is 12.2. The van der Waals surface area contributed by atoms with E-state index in [1.807, 2.05) is 74.0 Å². The molecule has 3 aromatic rings. The summed E-state index contributed by atoms with van der Waals surface area (Å²) in [5.41, 5.74) is 2.30. The number of hydrogen-bond donors (Lipinski definition) is 0. The summed E-state index contributed by atoms with van der Waals surface area (Å²) >= 11 is 7.57. The average Bonchev–Trinajstić information content (AvgIpc) is 2.97. The maximum Gasteiger partial charge on any atom is 0.191 e. The van der Waals surface area contributed by atoms with Gasteiger partial charge in [0.1, 0.15) is 5.75 Å². The first-order chi connectivity index (χ1) is 12.0. The first kappa shape index (κ1) is 17.8. The molecule has 0 spiro atoms. The number of rotatable bonds is 6. The van der Waals surface area contributed by atoms with Crippen LogP contribution in [-0.4, -0.2) is 14.8 Å². The van der Waals surface area contributed by atoms with Crippen LogP contribution in [-0.2, 0) is 12.8 Å². The molecule has 0 fully saturated rings. The van der Waals surface area contributed by atoms with Crippen molar-refractivity contribution in [3.8, 4) is 5.75 Å². The Balaban J connectivity index is 1.67. The smallest absolute Gasteiger partial charge is 0.191 e. The van der Waals surface area contributed by atoms with Crippen molar-refractivity contribution in [3.63, 3.8) is 0 Å². The summed E-state index contributed by atoms with van der Waals surface area (Å²) < 4.78 is 8.04. The zero-order valence-electron chi connectivity index (χ0n) is 14.4. The molecule has 4 nitrogen and oxygen atoms in total. The number of aryl methyl sites for hydroxylation is 1. The highest BCUT2D eigenvalue weighted by molar-refractivity contribution is 7.98. The molecule has 0 amide bonds. The summed E-state index contributed by atoms with van der Waals surface area (Å²) in [6.07, 6.45) is -0.177. The zero-order chi connectivity index (χ0) is 17.8. The van der Waals surface area contributed by atoms with Crippen LogP contribution in [0.4, 0.5) is 0 Å². The van der Waals surface area contributed by atoms with Crippen LogP contribution in [0.1, 0.15) is 30.0 Å². The predicted octanol–water partition coefficient (Wildman–Crippen LogP) is 5.21. The third-order valence-corrected chi connectivity index (χ3v) is 5.25. The van der Waals surface area contributed by atoms with Gasteiger partial charge in [-0.15, -0.1) is 10.2 Å². The Morgan fingerprint density at radius 2 is 1.84 bits per heavy atom. The highest BCUT2D eigenvalue weighted by atomic mass is 35.5. The van der Waals surface area contributed by atoms with Gasteiger partial charge in [0.2, 0.25) is 0 Å². The number of thioether (sulfide) groups is 1. The summed E-state index contributed by atoms with van der Waals surface area (Å²) in [6, 6.07) is 15.8. The SMILES string of the molecule is Cc1ccccc1OC(C)c1nnc(SCc2ccc(Cl)cc2)n1C. The largest absolute Gasteiger partial charge is 0.482 e. The highest BCUT2D eigenvalue weighted by Gasteiger charge is 2.17. The van der Waals surface area contributed by atoms with Crippen molar-refractivity contribution in [2.45, 2.75) is 30.9 Å². The fourth-order valence-electron chi connectivity index (χ4n) is 2.47. The molecule has 25 heavy (non-hydrogen) atoms. The molecule has 0 aliphatic rings. The minimum Gasteiger partial charge on any atom is -0.482 e. The third kappa shape index (κ3) is 4.35. The van der Waals surface area contributed by atoms with Gasteiger partial charge in [-0.05, 0) is 43.2 Å². The molecule has 0 aliphatic heterocycles. The monoisotopic (exact) mass is 373 g/mol. The highest BCUT2D eigenvalue weighted by Crippen LogP contribution is 2.27. The van der Waals surface area contributed by atoms with Gasteiger partial charge < -0.3 is 9.30 Å². The molecule has 1 unspecified atom stereocenters. The van der Waals surface area contributed by atoms with Gasteiger partial charge in [-0.3, -0.25) is 0 Å². The van der Waals surface area contributed by atoms with Crippen LogP contribution in [0, 0.1) is 6.92 Å². The number of aromatic nitrogens is 3. The van der Waals surface area contributed by atoms with Gasteiger partial charge in [0.15, 0.2) is 17.1 Å². The van der Waals surface area contributed by atoms with Crippen molar-refractivity contribution in [1.29, 1.82) is 0 Å². The Labute approximate surface area is 157 Å². The van der Waals surface area contributed by atoms with Gasteiger partial charge in [-0.1, -0.05) is 53.7 Å². The van der Waals surface area contributed by atoms with Crippen LogP contribution >= 0.6 is 23.4 Å². The molecule has 0 bridgehead atoms. The molecular weight excluding hydrogens is 354 g/mol. The van der Waals surface area contributed by atoms with Crippen molar-refractivity contribution in [1.82, 2.24) is 14.8 Å². The molecule has 1 aromatic heterocycles. The van der Waals surface area contributed by atoms with Crippen molar-refractivity contribution in [2.75, 3.05) is 0 Å². The van der Waals surface area contributed by atoms with E-state index < -0.39 is 0 Å². The van der Waals surface area contributed by atoms with Gasteiger partial charge in [-0.2, -0.15) is 0 Å². The Hall–Kier alpha value is -1.98. The maximum atomic E-state index is 6.05. The van der Waals surface area contributed by atoms with E-state index in [0.717, 1.165) is 33.1 Å². The lowest BCUT2D eigenvalue weighted by Crippen LogP contribution is -2.10. The molecule has 0 saturated carbocycles. The second kappa shape index (κ2) is 7.93. The second-order valence-electron chi connectivity index (χ2n) is 5.84. The topological polar surface area (TPSA) is 39.9 Å². The summed E-state index contributed by atoms with van der Waals surface area (Å²) in [5, 5.41) is 10.2. The fraction of sp³-hybridized carbons (Fsp3) is 0.263. The first-order valence-corrected chi connectivity index (χ1v) is 9.40. The fourth-order valence-corrected chi connectivity index (χ4v) is 3.47. The van der Waals surface area contributed by atoms with E-state index in [0.29, 0.717) is 0 Å². The van der Waals surface area contributed by atoms with Crippen molar-refractivity contribution in [3.05, 3.63) is 70.5 Å². The van der Waals surface area contributed by atoms with Crippen LogP contribution in [0.2, 0.25) is 5.02 Å². The molecule has 130 valence electrons. The third-order valence-electron chi connectivity index (χ3n) is 3.91. The van der Waals surface area contributed by atoms with Crippen LogP contribution < -0.4 is 4.74 Å². The van der Waals surface area contributed by atoms with E-state index in [2.05, 4.69) is 10.2 Å². The Morgan fingerprint density at radius 1 is 1.12 bits per heavy atom. The lowest BCUT2D eigenvalue weighted by atomic mass is 10.2. The van der Waals surface area contributed by atoms with Gasteiger partial charge in [0.25, 0.3) is 0 Å². The molecule has 3 rings (SSSR count). The van der Waals surface area contributed by atoms with Gasteiger partial charge in [-0.25, -0.2) is 0 Å². The van der Waals surface area contributed by atoms with Crippen molar-refractivity contribution >= 4 is 23.4 Å². The Morgan fingerprint density at radius 3 is 2.56 bits per heavy atom. The summed E-state index contributed by atoms with van der Waals surface area (Å²) in [7, 11) is 1.97. The van der Waals surface area contributed by atoms with Gasteiger partial charge >= 0.3 is 0 Å². The number of benzene rings is 2. The Bertz CT molecular complexity index is 848. The van der Waals surface area contributed by atoms with E-state index in [1.165, 1.54) is 5.56 Å². The number of para-hydroxylation sites is 1. The average molecular weight is 374 g/mol. The van der Waals surface area contributed by atoms with Crippen LogP contribution in [0.3, 0.4) is 0 Å². The zero-order valence-corrected chi connectivity index (χ0v) is 16.0. The summed E-state index contributed by atoms with van der Waals surface area (Å²) in [4.78, 5) is 0. The molecule has 6 heteroatoms. The quantitative estimate of drug-likeness (QED) is 0.556. The number of halogens is 1. The molecule has 0 aliphatic carbocycles. The molecule has 1 heterocycles. The van der Waals surface area contributed by atoms with E-state index >= 15 is 0 Å². The Kier molecular flexibility index (Phi) is 5.66. The lowest BCUT2D eigenvalue weighted by Gasteiger charge is -2.15. The first-order valence-electron chi connectivity index (χ1n) is 8.03. The van der Waals surface area contributed by atoms with Crippen LogP contribution in [0.25, 0.3) is 0 Å². The van der Waals surface area contributed by atoms with Crippen molar-refractivity contribution < 1.29 is 4.74 Å². The number of ether oxygens (including phenoxy) is 1. The number of nitrogens with zero attached hydrogens (tertiary/aromatic N) is 3. The van der Waals surface area contributed by atoms with E-state index in [9.17, 15) is 0 Å². The molecule has 0 N–H and O–H groups in total. The standard InChI is InChI=1S/C19H20ClN3OS/c1-13-6-4-5-7-17(13)24-14(2)18-21-22-19(23(18)3)25-12-15-8-10-16(20)11-9-15/h4-11,14H,12H2,1-3H3. The molecule has 0 saturated heterocycles. The summed E-state index contributed by atoms with van der Waals surface area (Å²) in [5.74, 6) is 2.49. The second-order valence-corrected chi connectivity index (χ2v) is 7.22. The minimum absolute atomic E-state index is 0.177. The van der Waals surface area contributed by atoms with Gasteiger partial charge in [0.05, 0.1) is 0 Å². The minimum atomic E-state index is -0.177. The lowest BCUT2D eigenvalue weighted by molar-refractivity contribution is 0.210. The van der Waals surface area contributed by atoms with Crippen LogP contribution in [0.15, 0.2) is 53.7 Å². The molecule has 1 atom stereocenters.